The van der Waals surface area contributed by atoms with Crippen molar-refractivity contribution in [1.29, 1.82) is 0 Å². The van der Waals surface area contributed by atoms with Gasteiger partial charge in [-0.2, -0.15) is 26.3 Å². The Kier molecular flexibility index (Phi) is 4.79. The lowest BCUT2D eigenvalue weighted by Crippen LogP contribution is -2.15. The summed E-state index contributed by atoms with van der Waals surface area (Å²) in [7, 11) is 0. The predicted octanol–water partition coefficient (Wildman–Crippen LogP) is 5.98. The van der Waals surface area contributed by atoms with E-state index in [0.29, 0.717) is 29.2 Å². The molecule has 9 heteroatoms. The zero-order valence-corrected chi connectivity index (χ0v) is 15.2. The van der Waals surface area contributed by atoms with Gasteiger partial charge in [0, 0.05) is 6.42 Å². The van der Waals surface area contributed by atoms with Crippen LogP contribution in [0.5, 0.6) is 11.5 Å². The van der Waals surface area contributed by atoms with E-state index in [4.69, 9.17) is 9.47 Å². The van der Waals surface area contributed by atoms with Crippen LogP contribution in [0.1, 0.15) is 41.0 Å². The van der Waals surface area contributed by atoms with Crippen LogP contribution < -0.4 is 9.47 Å². The summed E-state index contributed by atoms with van der Waals surface area (Å²) in [6, 6.07) is 6.42. The third kappa shape index (κ3) is 4.01. The maximum atomic E-state index is 13.2. The van der Waals surface area contributed by atoms with Crippen LogP contribution in [-0.4, -0.2) is 12.6 Å². The number of halogens is 6. The van der Waals surface area contributed by atoms with Gasteiger partial charge >= 0.3 is 12.4 Å². The van der Waals surface area contributed by atoms with E-state index in [1.807, 2.05) is 0 Å². The van der Waals surface area contributed by atoms with E-state index in [-0.39, 0.29) is 42.6 Å². The van der Waals surface area contributed by atoms with Crippen molar-refractivity contribution in [3.05, 3.63) is 64.7 Å². The summed E-state index contributed by atoms with van der Waals surface area (Å²) in [5, 5.41) is 0. The molecule has 158 valence electrons. The molecule has 0 N–H and O–H groups in total. The number of hydrogen-bond acceptors (Lipinski definition) is 3. The van der Waals surface area contributed by atoms with Crippen molar-refractivity contribution < 1.29 is 40.6 Å². The fourth-order valence-electron chi connectivity index (χ4n) is 3.64. The molecule has 30 heavy (non-hydrogen) atoms. The fraction of sp³-hybridized carbons (Fsp3) is 0.286. The Balaban J connectivity index is 1.72. The Labute approximate surface area is 166 Å². The van der Waals surface area contributed by atoms with E-state index in [0.717, 1.165) is 6.08 Å². The summed E-state index contributed by atoms with van der Waals surface area (Å²) in [4.78, 5) is 12.3. The van der Waals surface area contributed by atoms with E-state index < -0.39 is 29.4 Å². The molecule has 0 aromatic heterocycles. The SMILES string of the molecule is O=C1C=C(c2cc(C(F)(F)F)cc(C(F)(F)F)c2)C[C@@H](c2ccc3c(c2)OCO3)C1. The lowest BCUT2D eigenvalue weighted by atomic mass is 9.80. The normalized spacial score (nSPS) is 19.1. The molecule has 4 rings (SSSR count). The molecule has 3 nitrogen and oxygen atoms in total. The van der Waals surface area contributed by atoms with Crippen LogP contribution in [0.15, 0.2) is 42.5 Å². The van der Waals surface area contributed by atoms with Crippen LogP contribution in [0.3, 0.4) is 0 Å². The van der Waals surface area contributed by atoms with Gasteiger partial charge in [0.25, 0.3) is 0 Å². The zero-order valence-electron chi connectivity index (χ0n) is 15.2. The molecule has 1 heterocycles. The standard InChI is InChI=1S/C21H14F6O3/c22-20(23,24)15-4-14(5-16(9-15)21(25,26)27)13-3-12(6-17(28)7-13)11-1-2-18-19(8-11)30-10-29-18/h1-2,4-5,7-9,12H,3,6,10H2/t12-/m1/s1. The molecule has 2 aromatic carbocycles. The van der Waals surface area contributed by atoms with Gasteiger partial charge in [-0.05, 0) is 65.4 Å². The first kappa shape index (κ1) is 20.3. The molecular formula is C21H14F6O3. The number of carbonyl (C=O) groups excluding carboxylic acids is 1. The number of carbonyl (C=O) groups is 1. The molecule has 1 atom stereocenters. The zero-order chi connectivity index (χ0) is 21.7. The number of benzene rings is 2. The number of ether oxygens (including phenoxy) is 2. The third-order valence-electron chi connectivity index (χ3n) is 5.08. The maximum Gasteiger partial charge on any atom is 0.416 e. The van der Waals surface area contributed by atoms with Crippen molar-refractivity contribution in [2.45, 2.75) is 31.1 Å². The molecule has 0 saturated heterocycles. The molecule has 0 saturated carbocycles. The highest BCUT2D eigenvalue weighted by molar-refractivity contribution is 5.99. The number of ketones is 1. The molecule has 0 amide bonds. The smallest absolute Gasteiger partial charge is 0.416 e. The fourth-order valence-corrected chi connectivity index (χ4v) is 3.64. The Morgan fingerprint density at radius 1 is 0.800 bits per heavy atom. The van der Waals surface area contributed by atoms with Crippen LogP contribution in [0.25, 0.3) is 5.57 Å². The molecule has 0 radical (unpaired) electrons. The van der Waals surface area contributed by atoms with Crippen molar-refractivity contribution >= 4 is 11.4 Å². The molecule has 2 aliphatic rings. The number of hydrogen-bond donors (Lipinski definition) is 0. The minimum absolute atomic E-state index is 0.0536. The average Bonchev–Trinajstić information content (AvgIpc) is 3.13. The highest BCUT2D eigenvalue weighted by Gasteiger charge is 2.37. The van der Waals surface area contributed by atoms with Gasteiger partial charge in [-0.25, -0.2) is 0 Å². The summed E-state index contributed by atoms with van der Waals surface area (Å²) in [6.45, 7) is 0.0536. The van der Waals surface area contributed by atoms with Crippen LogP contribution in [-0.2, 0) is 17.1 Å². The van der Waals surface area contributed by atoms with Crippen molar-refractivity contribution in [1.82, 2.24) is 0 Å². The van der Waals surface area contributed by atoms with E-state index in [9.17, 15) is 31.1 Å². The topological polar surface area (TPSA) is 35.5 Å². The summed E-state index contributed by atoms with van der Waals surface area (Å²) in [5.41, 5.74) is -2.26. The van der Waals surface area contributed by atoms with E-state index in [1.54, 1.807) is 18.2 Å². The lowest BCUT2D eigenvalue weighted by molar-refractivity contribution is -0.143. The first-order valence-electron chi connectivity index (χ1n) is 8.93. The summed E-state index contributed by atoms with van der Waals surface area (Å²) >= 11 is 0. The predicted molar refractivity (Wildman–Crippen MR) is 94.0 cm³/mol. The average molecular weight is 428 g/mol. The minimum atomic E-state index is -4.95. The van der Waals surface area contributed by atoms with Crippen LogP contribution >= 0.6 is 0 Å². The summed E-state index contributed by atoms with van der Waals surface area (Å²) < 4.78 is 89.5. The molecule has 0 bridgehead atoms. The van der Waals surface area contributed by atoms with Gasteiger partial charge in [-0.1, -0.05) is 6.07 Å². The van der Waals surface area contributed by atoms with Crippen LogP contribution in [0.4, 0.5) is 26.3 Å². The van der Waals surface area contributed by atoms with E-state index in [1.165, 1.54) is 0 Å². The monoisotopic (exact) mass is 428 g/mol. The largest absolute Gasteiger partial charge is 0.454 e. The third-order valence-corrected chi connectivity index (χ3v) is 5.08. The van der Waals surface area contributed by atoms with Crippen molar-refractivity contribution in [2.24, 2.45) is 0 Å². The van der Waals surface area contributed by atoms with Gasteiger partial charge in [-0.15, -0.1) is 0 Å². The molecule has 1 aliphatic heterocycles. The quantitative estimate of drug-likeness (QED) is 0.552. The van der Waals surface area contributed by atoms with Gasteiger partial charge in [-0.3, -0.25) is 4.79 Å². The first-order chi connectivity index (χ1) is 14.0. The Hall–Kier alpha value is -2.97. The van der Waals surface area contributed by atoms with Crippen molar-refractivity contribution in [2.75, 3.05) is 6.79 Å². The van der Waals surface area contributed by atoms with Gasteiger partial charge in [0.1, 0.15) is 0 Å². The molecule has 1 aliphatic carbocycles. The molecule has 0 spiro atoms. The van der Waals surface area contributed by atoms with Crippen LogP contribution in [0.2, 0.25) is 0 Å². The molecular weight excluding hydrogens is 414 g/mol. The van der Waals surface area contributed by atoms with Crippen LogP contribution in [0, 0.1) is 0 Å². The minimum Gasteiger partial charge on any atom is -0.454 e. The van der Waals surface area contributed by atoms with Crippen molar-refractivity contribution in [3.63, 3.8) is 0 Å². The maximum absolute atomic E-state index is 13.2. The number of fused-ring (bicyclic) bond motifs is 1. The Morgan fingerprint density at radius 2 is 1.43 bits per heavy atom. The van der Waals surface area contributed by atoms with E-state index in [2.05, 4.69) is 0 Å². The van der Waals surface area contributed by atoms with Gasteiger partial charge in [0.05, 0.1) is 11.1 Å². The first-order valence-corrected chi connectivity index (χ1v) is 8.93. The second kappa shape index (κ2) is 7.07. The van der Waals surface area contributed by atoms with Gasteiger partial charge in [0.2, 0.25) is 6.79 Å². The highest BCUT2D eigenvalue weighted by atomic mass is 19.4. The van der Waals surface area contributed by atoms with Crippen molar-refractivity contribution in [3.8, 4) is 11.5 Å². The second-order valence-electron chi connectivity index (χ2n) is 7.15. The second-order valence-corrected chi connectivity index (χ2v) is 7.15. The van der Waals surface area contributed by atoms with Gasteiger partial charge < -0.3 is 9.47 Å². The number of allylic oxidation sites excluding steroid dienone is 2. The molecule has 0 fully saturated rings. The highest BCUT2D eigenvalue weighted by Crippen LogP contribution is 2.43. The number of rotatable bonds is 2. The summed E-state index contributed by atoms with van der Waals surface area (Å²) in [5.74, 6) is 0.236. The van der Waals surface area contributed by atoms with E-state index >= 15 is 0 Å². The number of alkyl halides is 6. The Bertz CT molecular complexity index is 1000. The van der Waals surface area contributed by atoms with Gasteiger partial charge in [0.15, 0.2) is 17.3 Å². The molecule has 0 unspecified atom stereocenters. The Morgan fingerprint density at radius 3 is 2.07 bits per heavy atom. The lowest BCUT2D eigenvalue weighted by Gasteiger charge is -2.24. The molecule has 2 aromatic rings. The summed E-state index contributed by atoms with van der Waals surface area (Å²) in [6.07, 6.45) is -8.57.